The van der Waals surface area contributed by atoms with Crippen molar-refractivity contribution in [3.05, 3.63) is 52.1 Å². The molecule has 0 radical (unpaired) electrons. The minimum Gasteiger partial charge on any atom is -0.301 e. The molecule has 0 unspecified atom stereocenters. The van der Waals surface area contributed by atoms with Crippen molar-refractivity contribution in [2.75, 3.05) is 10.9 Å². The van der Waals surface area contributed by atoms with Gasteiger partial charge in [0.1, 0.15) is 4.90 Å². The molecule has 0 aliphatic rings. The van der Waals surface area contributed by atoms with Crippen molar-refractivity contribution >= 4 is 37.3 Å². The largest absolute Gasteiger partial charge is 0.301 e. The number of nitrogens with zero attached hydrogens (tertiary/aromatic N) is 1. The average molecular weight is 403 g/mol. The molecule has 0 atom stereocenters. The van der Waals surface area contributed by atoms with Crippen LogP contribution in [0.5, 0.6) is 0 Å². The van der Waals surface area contributed by atoms with Crippen LogP contribution in [0.3, 0.4) is 0 Å². The van der Waals surface area contributed by atoms with E-state index in [2.05, 4.69) is 10.9 Å². The highest BCUT2D eigenvalue weighted by molar-refractivity contribution is 7.86. The number of benzene rings is 2. The number of non-ortho nitro benzene ring substituents is 1. The first-order valence-electron chi connectivity index (χ1n) is 6.75. The molecular weight excluding hydrogens is 390 g/mol. The lowest BCUT2D eigenvalue weighted by molar-refractivity contribution is -0.385. The molecule has 13 heteroatoms. The average Bonchev–Trinajstić information content (AvgIpc) is 2.51. The molecular formula is C13H13N3O8S2. The molecule has 0 aliphatic heterocycles. The molecule has 0 aromatic heterocycles. The lowest BCUT2D eigenvalue weighted by Gasteiger charge is -2.14. The van der Waals surface area contributed by atoms with Crippen molar-refractivity contribution in [3.63, 3.8) is 0 Å². The Bertz CT molecular complexity index is 1080. The van der Waals surface area contributed by atoms with Gasteiger partial charge in [0.25, 0.3) is 25.9 Å². The van der Waals surface area contributed by atoms with Crippen molar-refractivity contribution in [1.82, 2.24) is 0 Å². The summed E-state index contributed by atoms with van der Waals surface area (Å²) in [5, 5.41) is 10.8. The highest BCUT2D eigenvalue weighted by Crippen LogP contribution is 2.27. The quantitative estimate of drug-likeness (QED) is 0.316. The second kappa shape index (κ2) is 6.87. The van der Waals surface area contributed by atoms with Crippen molar-refractivity contribution in [1.29, 1.82) is 0 Å². The van der Waals surface area contributed by atoms with E-state index in [1.165, 1.54) is 12.1 Å². The van der Waals surface area contributed by atoms with Crippen LogP contribution in [0.15, 0.2) is 46.2 Å². The SMILES string of the molecule is Cc1ccc(S(=O)(=O)O)cc1NNc1ccc([N+](=O)[O-])cc1S(=O)(=O)O. The molecule has 0 spiro atoms. The van der Waals surface area contributed by atoms with Gasteiger partial charge in [-0.3, -0.25) is 24.6 Å². The highest BCUT2D eigenvalue weighted by atomic mass is 32.2. The Hall–Kier alpha value is -2.74. The molecule has 2 rings (SSSR count). The van der Waals surface area contributed by atoms with Gasteiger partial charge in [-0.2, -0.15) is 16.8 Å². The van der Waals surface area contributed by atoms with E-state index in [4.69, 9.17) is 4.55 Å². The van der Waals surface area contributed by atoms with Gasteiger partial charge in [0.2, 0.25) is 0 Å². The predicted molar refractivity (Wildman–Crippen MR) is 91.2 cm³/mol. The van der Waals surface area contributed by atoms with Gasteiger partial charge in [0, 0.05) is 12.1 Å². The van der Waals surface area contributed by atoms with Gasteiger partial charge in [0.05, 0.1) is 21.2 Å². The Labute approximate surface area is 148 Å². The third-order valence-corrected chi connectivity index (χ3v) is 5.04. The number of anilines is 2. The molecule has 0 bridgehead atoms. The molecule has 0 saturated heterocycles. The summed E-state index contributed by atoms with van der Waals surface area (Å²) in [6, 6.07) is 6.39. The van der Waals surface area contributed by atoms with E-state index in [1.54, 1.807) is 6.92 Å². The summed E-state index contributed by atoms with van der Waals surface area (Å²) in [4.78, 5) is 8.79. The molecule has 4 N–H and O–H groups in total. The Balaban J connectivity index is 2.40. The van der Waals surface area contributed by atoms with Crippen molar-refractivity contribution in [2.24, 2.45) is 0 Å². The van der Waals surface area contributed by atoms with Gasteiger partial charge in [-0.05, 0) is 30.7 Å². The maximum absolute atomic E-state index is 11.4. The van der Waals surface area contributed by atoms with Crippen LogP contribution in [0.2, 0.25) is 0 Å². The number of hydrogen-bond acceptors (Lipinski definition) is 8. The maximum atomic E-state index is 11.4. The fraction of sp³-hybridized carbons (Fsp3) is 0.0769. The van der Waals surface area contributed by atoms with E-state index in [0.717, 1.165) is 18.2 Å². The maximum Gasteiger partial charge on any atom is 0.296 e. The van der Waals surface area contributed by atoms with E-state index in [1.807, 2.05) is 0 Å². The van der Waals surface area contributed by atoms with Crippen LogP contribution in [0.4, 0.5) is 17.1 Å². The second-order valence-electron chi connectivity index (χ2n) is 5.11. The van der Waals surface area contributed by atoms with Gasteiger partial charge < -0.3 is 5.43 Å². The first-order valence-corrected chi connectivity index (χ1v) is 9.64. The van der Waals surface area contributed by atoms with Crippen LogP contribution in [0.25, 0.3) is 0 Å². The van der Waals surface area contributed by atoms with Crippen LogP contribution in [0.1, 0.15) is 5.56 Å². The first-order chi connectivity index (χ1) is 11.9. The fourth-order valence-electron chi connectivity index (χ4n) is 1.97. The highest BCUT2D eigenvalue weighted by Gasteiger charge is 2.20. The van der Waals surface area contributed by atoms with Crippen LogP contribution in [-0.4, -0.2) is 30.9 Å². The van der Waals surface area contributed by atoms with Crippen LogP contribution < -0.4 is 10.9 Å². The van der Waals surface area contributed by atoms with Crippen LogP contribution in [-0.2, 0) is 20.2 Å². The summed E-state index contributed by atoms with van der Waals surface area (Å²) in [7, 11) is -9.23. The molecule has 26 heavy (non-hydrogen) atoms. The molecule has 0 heterocycles. The molecule has 0 fully saturated rings. The Morgan fingerprint density at radius 1 is 0.923 bits per heavy atom. The van der Waals surface area contributed by atoms with Gasteiger partial charge in [0.15, 0.2) is 0 Å². The summed E-state index contributed by atoms with van der Waals surface area (Å²) in [5.74, 6) is 0. The zero-order valence-electron chi connectivity index (χ0n) is 13.1. The molecule has 0 amide bonds. The van der Waals surface area contributed by atoms with E-state index < -0.39 is 40.6 Å². The lowest BCUT2D eigenvalue weighted by Crippen LogP contribution is -2.14. The number of nitro benzene ring substituents is 1. The van der Waals surface area contributed by atoms with E-state index in [-0.39, 0.29) is 11.4 Å². The number of hydrogen-bond donors (Lipinski definition) is 4. The lowest BCUT2D eigenvalue weighted by atomic mass is 10.2. The summed E-state index contributed by atoms with van der Waals surface area (Å²) >= 11 is 0. The molecule has 2 aromatic carbocycles. The van der Waals surface area contributed by atoms with Crippen molar-refractivity contribution in [3.8, 4) is 0 Å². The van der Waals surface area contributed by atoms with Gasteiger partial charge >= 0.3 is 0 Å². The Morgan fingerprint density at radius 3 is 2.08 bits per heavy atom. The minimum atomic E-state index is -4.78. The zero-order valence-corrected chi connectivity index (χ0v) is 14.7. The van der Waals surface area contributed by atoms with Gasteiger partial charge in [-0.15, -0.1) is 0 Å². The Kier molecular flexibility index (Phi) is 5.18. The van der Waals surface area contributed by atoms with Gasteiger partial charge in [-0.25, -0.2) is 0 Å². The number of nitrogens with one attached hydrogen (secondary N) is 2. The third-order valence-electron chi connectivity index (χ3n) is 3.29. The summed E-state index contributed by atoms with van der Waals surface area (Å²) in [6.07, 6.45) is 0. The molecule has 0 aliphatic carbocycles. The Morgan fingerprint density at radius 2 is 1.54 bits per heavy atom. The third kappa shape index (κ3) is 4.45. The first kappa shape index (κ1) is 19.6. The number of aryl methyl sites for hydroxylation is 1. The summed E-state index contributed by atoms with van der Waals surface area (Å²) in [6.45, 7) is 1.61. The molecule has 2 aromatic rings. The van der Waals surface area contributed by atoms with Crippen LogP contribution >= 0.6 is 0 Å². The number of nitro groups is 1. The fourth-order valence-corrected chi connectivity index (χ4v) is 3.15. The standard InChI is InChI=1S/C13H13N3O8S2/c1-8-2-4-10(25(19,20)21)7-12(8)15-14-11-5-3-9(16(17)18)6-13(11)26(22,23)24/h2-7,14-15H,1H3,(H,19,20,21)(H,22,23,24). The van der Waals surface area contributed by atoms with Gasteiger partial charge in [-0.1, -0.05) is 6.07 Å². The monoisotopic (exact) mass is 403 g/mol. The van der Waals surface area contributed by atoms with E-state index >= 15 is 0 Å². The molecule has 140 valence electrons. The topological polar surface area (TPSA) is 176 Å². The van der Waals surface area contributed by atoms with Crippen LogP contribution in [0, 0.1) is 17.0 Å². The van der Waals surface area contributed by atoms with Crippen molar-refractivity contribution < 1.29 is 30.9 Å². The summed E-state index contributed by atoms with van der Waals surface area (Å²) in [5.41, 5.74) is 4.93. The minimum absolute atomic E-state index is 0.180. The zero-order chi connectivity index (χ0) is 19.7. The number of rotatable bonds is 6. The second-order valence-corrected chi connectivity index (χ2v) is 7.93. The van der Waals surface area contributed by atoms with E-state index in [9.17, 15) is 31.5 Å². The predicted octanol–water partition coefficient (Wildman–Crippen LogP) is 1.84. The van der Waals surface area contributed by atoms with Crippen molar-refractivity contribution in [2.45, 2.75) is 16.7 Å². The summed E-state index contributed by atoms with van der Waals surface area (Å²) < 4.78 is 63.6. The van der Waals surface area contributed by atoms with E-state index in [0.29, 0.717) is 11.6 Å². The number of hydrazine groups is 1. The molecule has 0 saturated carbocycles. The normalized spacial score (nSPS) is 11.8. The smallest absolute Gasteiger partial charge is 0.296 e. The molecule has 11 nitrogen and oxygen atoms in total.